The maximum absolute atomic E-state index is 11.3. The van der Waals surface area contributed by atoms with Gasteiger partial charge in [-0.15, -0.1) is 0 Å². The van der Waals surface area contributed by atoms with E-state index in [1.165, 1.54) is 5.56 Å². The van der Waals surface area contributed by atoms with Crippen molar-refractivity contribution in [3.63, 3.8) is 0 Å². The van der Waals surface area contributed by atoms with Gasteiger partial charge in [0.2, 0.25) is 12.3 Å². The Balaban J connectivity index is 2.63. The van der Waals surface area contributed by atoms with Crippen LogP contribution >= 0.6 is 15.9 Å². The van der Waals surface area contributed by atoms with E-state index in [0.29, 0.717) is 18.7 Å². The summed E-state index contributed by atoms with van der Waals surface area (Å²) in [6.07, 6.45) is 2.50. The van der Waals surface area contributed by atoms with Gasteiger partial charge in [-0.3, -0.25) is 14.9 Å². The van der Waals surface area contributed by atoms with E-state index in [-0.39, 0.29) is 5.91 Å². The molecule has 0 aliphatic heterocycles. The lowest BCUT2D eigenvalue weighted by atomic mass is 9.91. The highest BCUT2D eigenvalue weighted by atomic mass is 79.9. The van der Waals surface area contributed by atoms with Gasteiger partial charge in [-0.25, -0.2) is 0 Å². The largest absolute Gasteiger partial charge is 0.320 e. The molecule has 4 nitrogen and oxygen atoms in total. The van der Waals surface area contributed by atoms with Crippen LogP contribution in [0, 0.1) is 0 Å². The molecule has 1 aromatic carbocycles. The summed E-state index contributed by atoms with van der Waals surface area (Å²) >= 11 is 3.41. The molecule has 2 amide bonds. The molecule has 0 spiro atoms. The zero-order valence-electron chi connectivity index (χ0n) is 11.0. The Kier molecular flexibility index (Phi) is 7.36. The van der Waals surface area contributed by atoms with Gasteiger partial charge in [-0.1, -0.05) is 28.1 Å². The summed E-state index contributed by atoms with van der Waals surface area (Å²) in [5.74, 6) is 0.0968. The van der Waals surface area contributed by atoms with Crippen LogP contribution in [0.2, 0.25) is 0 Å². The summed E-state index contributed by atoms with van der Waals surface area (Å²) in [5.41, 5.74) is 1.22. The first-order valence-electron chi connectivity index (χ1n) is 6.30. The first-order chi connectivity index (χ1) is 9.17. The Bertz CT molecular complexity index is 406. The number of rotatable bonds is 8. The minimum absolute atomic E-state index is 0.221. The van der Waals surface area contributed by atoms with Gasteiger partial charge in [0.15, 0.2) is 0 Å². The average molecular weight is 327 g/mol. The molecule has 0 radical (unpaired) electrons. The number of hydrogen-bond acceptors (Lipinski definition) is 3. The lowest BCUT2D eigenvalue weighted by molar-refractivity contribution is -0.125. The molecule has 0 saturated carbocycles. The molecule has 0 bridgehead atoms. The Morgan fingerprint density at radius 1 is 1.32 bits per heavy atom. The standard InChI is InChI=1S/C14H19BrN2O2/c1-16-9-8-12(4-7-14(19)17-10-18)11-2-5-13(15)6-3-11/h2-3,5-6,10,12,16H,4,7-9H2,1H3,(H,17,18,19)/t12-/m0/s1. The quantitative estimate of drug-likeness (QED) is 0.720. The predicted molar refractivity (Wildman–Crippen MR) is 78.9 cm³/mol. The minimum Gasteiger partial charge on any atom is -0.320 e. The molecule has 104 valence electrons. The van der Waals surface area contributed by atoms with Gasteiger partial charge in [0, 0.05) is 10.9 Å². The third kappa shape index (κ3) is 5.98. The number of carbonyl (C=O) groups excluding carboxylic acids is 2. The van der Waals surface area contributed by atoms with Crippen LogP contribution in [0.5, 0.6) is 0 Å². The van der Waals surface area contributed by atoms with Gasteiger partial charge in [0.05, 0.1) is 0 Å². The fourth-order valence-corrected chi connectivity index (χ4v) is 2.24. The van der Waals surface area contributed by atoms with Crippen molar-refractivity contribution in [1.29, 1.82) is 0 Å². The van der Waals surface area contributed by atoms with E-state index in [9.17, 15) is 9.59 Å². The smallest absolute Gasteiger partial charge is 0.226 e. The zero-order chi connectivity index (χ0) is 14.1. The molecule has 0 aliphatic carbocycles. The Labute approximate surface area is 122 Å². The highest BCUT2D eigenvalue weighted by Gasteiger charge is 2.13. The Hall–Kier alpha value is -1.20. The lowest BCUT2D eigenvalue weighted by Gasteiger charge is -2.17. The number of carbonyl (C=O) groups is 2. The number of amides is 2. The second-order valence-electron chi connectivity index (χ2n) is 4.36. The molecule has 1 rings (SSSR count). The van der Waals surface area contributed by atoms with E-state index < -0.39 is 0 Å². The summed E-state index contributed by atoms with van der Waals surface area (Å²) in [6, 6.07) is 8.16. The highest BCUT2D eigenvalue weighted by Crippen LogP contribution is 2.26. The average Bonchev–Trinajstić information content (AvgIpc) is 2.40. The van der Waals surface area contributed by atoms with Crippen molar-refractivity contribution in [2.75, 3.05) is 13.6 Å². The van der Waals surface area contributed by atoms with E-state index in [1.807, 2.05) is 19.2 Å². The van der Waals surface area contributed by atoms with Gasteiger partial charge >= 0.3 is 0 Å². The normalized spacial score (nSPS) is 11.9. The van der Waals surface area contributed by atoms with E-state index in [4.69, 9.17) is 0 Å². The summed E-state index contributed by atoms with van der Waals surface area (Å²) in [4.78, 5) is 21.5. The Morgan fingerprint density at radius 2 is 2.00 bits per heavy atom. The van der Waals surface area contributed by atoms with Gasteiger partial charge in [-0.2, -0.15) is 0 Å². The summed E-state index contributed by atoms with van der Waals surface area (Å²) in [6.45, 7) is 0.899. The fourth-order valence-electron chi connectivity index (χ4n) is 1.97. The van der Waals surface area contributed by atoms with Crippen molar-refractivity contribution >= 4 is 28.2 Å². The van der Waals surface area contributed by atoms with E-state index in [0.717, 1.165) is 23.9 Å². The van der Waals surface area contributed by atoms with E-state index >= 15 is 0 Å². The topological polar surface area (TPSA) is 58.2 Å². The van der Waals surface area contributed by atoms with E-state index in [2.05, 4.69) is 38.7 Å². The predicted octanol–water partition coefficient (Wildman–Crippen LogP) is 2.20. The molecule has 0 aliphatic rings. The van der Waals surface area contributed by atoms with Gasteiger partial charge in [0.25, 0.3) is 0 Å². The summed E-state index contributed by atoms with van der Waals surface area (Å²) in [5, 5.41) is 5.30. The van der Waals surface area contributed by atoms with Gasteiger partial charge in [0.1, 0.15) is 0 Å². The monoisotopic (exact) mass is 326 g/mol. The molecule has 1 atom stereocenters. The molecule has 0 saturated heterocycles. The molecule has 0 aromatic heterocycles. The SMILES string of the molecule is CNCC[C@H](CCC(=O)NC=O)c1ccc(Br)cc1. The zero-order valence-corrected chi connectivity index (χ0v) is 12.6. The molecule has 19 heavy (non-hydrogen) atoms. The van der Waals surface area contributed by atoms with Crippen molar-refractivity contribution in [3.05, 3.63) is 34.3 Å². The van der Waals surface area contributed by atoms with E-state index in [1.54, 1.807) is 0 Å². The van der Waals surface area contributed by atoms with Crippen LogP contribution in [0.15, 0.2) is 28.7 Å². The fraction of sp³-hybridized carbons (Fsp3) is 0.429. The molecular formula is C14H19BrN2O2. The van der Waals surface area contributed by atoms with Crippen LogP contribution < -0.4 is 10.6 Å². The summed E-state index contributed by atoms with van der Waals surface area (Å²) in [7, 11) is 1.91. The van der Waals surface area contributed by atoms with Crippen LogP contribution in [0.4, 0.5) is 0 Å². The second kappa shape index (κ2) is 8.82. The second-order valence-corrected chi connectivity index (χ2v) is 5.28. The van der Waals surface area contributed by atoms with Crippen molar-refractivity contribution in [1.82, 2.24) is 10.6 Å². The molecular weight excluding hydrogens is 308 g/mol. The van der Waals surface area contributed by atoms with Crippen molar-refractivity contribution < 1.29 is 9.59 Å². The first-order valence-corrected chi connectivity index (χ1v) is 7.09. The number of hydrogen-bond donors (Lipinski definition) is 2. The third-order valence-electron chi connectivity index (χ3n) is 3.02. The molecule has 0 unspecified atom stereocenters. The number of halogens is 1. The molecule has 1 aromatic rings. The lowest BCUT2D eigenvalue weighted by Crippen LogP contribution is -2.22. The summed E-state index contributed by atoms with van der Waals surface area (Å²) < 4.78 is 1.04. The van der Waals surface area contributed by atoms with Gasteiger partial charge < -0.3 is 5.32 Å². The Morgan fingerprint density at radius 3 is 2.58 bits per heavy atom. The maximum Gasteiger partial charge on any atom is 0.226 e. The van der Waals surface area contributed by atoms with Crippen molar-refractivity contribution in [2.45, 2.75) is 25.2 Å². The number of benzene rings is 1. The minimum atomic E-state index is -0.221. The number of imide groups is 1. The molecule has 0 heterocycles. The van der Waals surface area contributed by atoms with Gasteiger partial charge in [-0.05, 0) is 50.0 Å². The third-order valence-corrected chi connectivity index (χ3v) is 3.55. The van der Waals surface area contributed by atoms with Crippen LogP contribution in [0.25, 0.3) is 0 Å². The van der Waals surface area contributed by atoms with Crippen LogP contribution in [0.1, 0.15) is 30.7 Å². The van der Waals surface area contributed by atoms with Crippen LogP contribution in [-0.4, -0.2) is 25.9 Å². The van der Waals surface area contributed by atoms with Crippen LogP contribution in [-0.2, 0) is 9.59 Å². The van der Waals surface area contributed by atoms with Crippen LogP contribution in [0.3, 0.4) is 0 Å². The molecule has 2 N–H and O–H groups in total. The molecule has 5 heteroatoms. The first kappa shape index (κ1) is 15.9. The molecule has 0 fully saturated rings. The highest BCUT2D eigenvalue weighted by molar-refractivity contribution is 9.10. The number of nitrogens with one attached hydrogen (secondary N) is 2. The van der Waals surface area contributed by atoms with Crippen molar-refractivity contribution in [2.24, 2.45) is 0 Å². The van der Waals surface area contributed by atoms with Crippen molar-refractivity contribution in [3.8, 4) is 0 Å². The maximum atomic E-state index is 11.3.